The van der Waals surface area contributed by atoms with Crippen molar-refractivity contribution in [3.63, 3.8) is 0 Å². The number of benzene rings is 2. The number of aliphatic hydroxyl groups is 1. The van der Waals surface area contributed by atoms with Crippen molar-refractivity contribution < 1.29 is 14.6 Å². The summed E-state index contributed by atoms with van der Waals surface area (Å²) in [6.45, 7) is 3.77. The van der Waals surface area contributed by atoms with Gasteiger partial charge in [-0.1, -0.05) is 42.5 Å². The second-order valence-electron chi connectivity index (χ2n) is 4.55. The molecule has 0 saturated carbocycles. The highest BCUT2D eigenvalue weighted by Crippen LogP contribution is 2.29. The summed E-state index contributed by atoms with van der Waals surface area (Å²) in [7, 11) is 0. The number of rotatable bonds is 4. The van der Waals surface area contributed by atoms with Crippen molar-refractivity contribution in [2.45, 2.75) is 20.0 Å². The van der Waals surface area contributed by atoms with E-state index in [2.05, 4.69) is 0 Å². The van der Waals surface area contributed by atoms with E-state index < -0.39 is 12.0 Å². The molecular weight excluding hydrogens is 240 g/mol. The molecule has 0 radical (unpaired) electrons. The van der Waals surface area contributed by atoms with Crippen LogP contribution in [0.1, 0.15) is 25.5 Å². The van der Waals surface area contributed by atoms with Crippen LogP contribution in [0.5, 0.6) is 0 Å². The number of carbonyl (C=O) groups excluding carboxylic acids is 1. The Morgan fingerprint density at radius 1 is 1.21 bits per heavy atom. The molecule has 1 N–H and O–H groups in total. The molecule has 100 valence electrons. The van der Waals surface area contributed by atoms with Crippen molar-refractivity contribution >= 4 is 16.7 Å². The Bertz CT molecular complexity index is 572. The van der Waals surface area contributed by atoms with Crippen molar-refractivity contribution in [2.24, 2.45) is 5.92 Å². The highest BCUT2D eigenvalue weighted by Gasteiger charge is 2.25. The zero-order chi connectivity index (χ0) is 13.8. The highest BCUT2D eigenvalue weighted by molar-refractivity contribution is 5.86. The third-order valence-corrected chi connectivity index (χ3v) is 3.27. The van der Waals surface area contributed by atoms with Crippen LogP contribution in [0.2, 0.25) is 0 Å². The van der Waals surface area contributed by atoms with Crippen LogP contribution in [-0.2, 0) is 9.53 Å². The number of esters is 1. The lowest BCUT2D eigenvalue weighted by atomic mass is 9.93. The van der Waals surface area contributed by atoms with E-state index in [4.69, 9.17) is 4.74 Å². The van der Waals surface area contributed by atoms with E-state index in [-0.39, 0.29) is 5.97 Å². The first kappa shape index (κ1) is 13.6. The molecule has 0 unspecified atom stereocenters. The molecule has 0 aromatic heterocycles. The van der Waals surface area contributed by atoms with Crippen molar-refractivity contribution in [3.8, 4) is 0 Å². The summed E-state index contributed by atoms with van der Waals surface area (Å²) in [6.07, 6.45) is -0.856. The number of aliphatic hydroxyl groups excluding tert-OH is 1. The summed E-state index contributed by atoms with van der Waals surface area (Å²) < 4.78 is 4.96. The van der Waals surface area contributed by atoms with Crippen LogP contribution in [-0.4, -0.2) is 17.7 Å². The number of hydrogen-bond acceptors (Lipinski definition) is 3. The smallest absolute Gasteiger partial charge is 0.311 e. The van der Waals surface area contributed by atoms with Crippen molar-refractivity contribution in [1.82, 2.24) is 0 Å². The van der Waals surface area contributed by atoms with E-state index in [9.17, 15) is 9.90 Å². The zero-order valence-electron chi connectivity index (χ0n) is 11.2. The fourth-order valence-corrected chi connectivity index (χ4v) is 2.18. The van der Waals surface area contributed by atoms with Crippen molar-refractivity contribution in [2.75, 3.05) is 6.61 Å². The lowest BCUT2D eigenvalue weighted by molar-refractivity contribution is -0.151. The topological polar surface area (TPSA) is 46.5 Å². The van der Waals surface area contributed by atoms with Crippen LogP contribution in [0.15, 0.2) is 42.5 Å². The maximum absolute atomic E-state index is 11.7. The molecule has 0 fully saturated rings. The third-order valence-electron chi connectivity index (χ3n) is 3.27. The second kappa shape index (κ2) is 5.85. The van der Waals surface area contributed by atoms with E-state index in [0.717, 1.165) is 16.3 Å². The second-order valence-corrected chi connectivity index (χ2v) is 4.55. The predicted octanol–water partition coefficient (Wildman–Crippen LogP) is 3.07. The molecule has 3 heteroatoms. The minimum atomic E-state index is -0.856. The Morgan fingerprint density at radius 2 is 1.89 bits per heavy atom. The molecule has 0 aliphatic rings. The summed E-state index contributed by atoms with van der Waals surface area (Å²) in [5.41, 5.74) is 0.763. The van der Waals surface area contributed by atoms with Gasteiger partial charge in [-0.3, -0.25) is 4.79 Å². The third kappa shape index (κ3) is 2.76. The molecular formula is C16H18O3. The SMILES string of the molecule is CCOC(=O)[C@@H](C)[C@H](O)c1cccc2ccccc12. The van der Waals surface area contributed by atoms with E-state index in [1.54, 1.807) is 13.8 Å². The normalized spacial score (nSPS) is 14.1. The largest absolute Gasteiger partial charge is 0.466 e. The minimum Gasteiger partial charge on any atom is -0.466 e. The summed E-state index contributed by atoms with van der Waals surface area (Å²) in [5.74, 6) is -0.950. The summed E-state index contributed by atoms with van der Waals surface area (Å²) in [5, 5.41) is 12.4. The Labute approximate surface area is 112 Å². The summed E-state index contributed by atoms with van der Waals surface area (Å²) >= 11 is 0. The van der Waals surface area contributed by atoms with Gasteiger partial charge in [-0.05, 0) is 30.2 Å². The van der Waals surface area contributed by atoms with Gasteiger partial charge >= 0.3 is 5.97 Å². The molecule has 0 heterocycles. The van der Waals surface area contributed by atoms with Gasteiger partial charge in [0, 0.05) is 0 Å². The summed E-state index contributed by atoms with van der Waals surface area (Å²) in [6, 6.07) is 13.5. The van der Waals surface area contributed by atoms with Gasteiger partial charge in [0.15, 0.2) is 0 Å². The van der Waals surface area contributed by atoms with Crippen LogP contribution in [0.4, 0.5) is 0 Å². The maximum Gasteiger partial charge on any atom is 0.311 e. The van der Waals surface area contributed by atoms with Gasteiger partial charge in [0.2, 0.25) is 0 Å². The molecule has 0 aliphatic heterocycles. The van der Waals surface area contributed by atoms with Gasteiger partial charge in [-0.25, -0.2) is 0 Å². The molecule has 2 aromatic carbocycles. The minimum absolute atomic E-state index is 0.325. The first-order valence-corrected chi connectivity index (χ1v) is 6.47. The van der Waals surface area contributed by atoms with Crippen LogP contribution < -0.4 is 0 Å². The van der Waals surface area contributed by atoms with Crippen LogP contribution >= 0.6 is 0 Å². The van der Waals surface area contributed by atoms with E-state index in [1.807, 2.05) is 42.5 Å². The van der Waals surface area contributed by atoms with Gasteiger partial charge < -0.3 is 9.84 Å². The van der Waals surface area contributed by atoms with Crippen molar-refractivity contribution in [3.05, 3.63) is 48.0 Å². The number of carbonyl (C=O) groups is 1. The monoisotopic (exact) mass is 258 g/mol. The van der Waals surface area contributed by atoms with Gasteiger partial charge in [-0.15, -0.1) is 0 Å². The zero-order valence-corrected chi connectivity index (χ0v) is 11.2. The lowest BCUT2D eigenvalue weighted by Crippen LogP contribution is -2.21. The molecule has 0 spiro atoms. The number of fused-ring (bicyclic) bond motifs is 1. The molecule has 2 rings (SSSR count). The van der Waals surface area contributed by atoms with E-state index in [1.165, 1.54) is 0 Å². The van der Waals surface area contributed by atoms with Crippen LogP contribution in [0, 0.1) is 5.92 Å². The Morgan fingerprint density at radius 3 is 2.63 bits per heavy atom. The first-order chi connectivity index (χ1) is 9.15. The van der Waals surface area contributed by atoms with Gasteiger partial charge in [0.1, 0.15) is 0 Å². The van der Waals surface area contributed by atoms with Crippen LogP contribution in [0.3, 0.4) is 0 Å². The Hall–Kier alpha value is -1.87. The Balaban J connectivity index is 2.36. The maximum atomic E-state index is 11.7. The molecule has 0 saturated heterocycles. The molecule has 3 nitrogen and oxygen atoms in total. The average molecular weight is 258 g/mol. The highest BCUT2D eigenvalue weighted by atomic mass is 16.5. The average Bonchev–Trinajstić information content (AvgIpc) is 2.45. The molecule has 2 aromatic rings. The summed E-state index contributed by atoms with van der Waals surface area (Å²) in [4.78, 5) is 11.7. The number of hydrogen-bond donors (Lipinski definition) is 1. The fourth-order valence-electron chi connectivity index (χ4n) is 2.18. The molecule has 19 heavy (non-hydrogen) atoms. The van der Waals surface area contributed by atoms with E-state index >= 15 is 0 Å². The van der Waals surface area contributed by atoms with Crippen molar-refractivity contribution in [1.29, 1.82) is 0 Å². The predicted molar refractivity (Wildman–Crippen MR) is 74.7 cm³/mol. The molecule has 0 aliphatic carbocycles. The number of ether oxygens (including phenoxy) is 1. The van der Waals surface area contributed by atoms with Gasteiger partial charge in [0.25, 0.3) is 0 Å². The first-order valence-electron chi connectivity index (χ1n) is 6.47. The van der Waals surface area contributed by atoms with Gasteiger partial charge in [-0.2, -0.15) is 0 Å². The fraction of sp³-hybridized carbons (Fsp3) is 0.312. The lowest BCUT2D eigenvalue weighted by Gasteiger charge is -2.19. The molecule has 2 atom stereocenters. The van der Waals surface area contributed by atoms with Gasteiger partial charge in [0.05, 0.1) is 18.6 Å². The molecule has 0 amide bonds. The standard InChI is InChI=1S/C16H18O3/c1-3-19-16(18)11(2)15(17)14-10-6-8-12-7-4-5-9-13(12)14/h4-11,15,17H,3H2,1-2H3/t11-,15-/m0/s1. The quantitative estimate of drug-likeness (QED) is 0.857. The molecule has 0 bridgehead atoms. The van der Waals surface area contributed by atoms with E-state index in [0.29, 0.717) is 6.61 Å². The van der Waals surface area contributed by atoms with Crippen LogP contribution in [0.25, 0.3) is 10.8 Å². The Kier molecular flexibility index (Phi) is 4.17.